The van der Waals surface area contributed by atoms with Crippen LogP contribution in [-0.2, 0) is 28.4 Å². The number of rotatable bonds is 21. The molecular formula is C27H50O7. The van der Waals surface area contributed by atoms with Crippen LogP contribution in [0, 0.1) is 11.8 Å². The number of aliphatic hydroxyl groups is 1. The topological polar surface area (TPSA) is 75.6 Å². The van der Waals surface area contributed by atoms with E-state index < -0.39 is 6.10 Å². The summed E-state index contributed by atoms with van der Waals surface area (Å²) in [5, 5.41) is 10.5. The summed E-state index contributed by atoms with van der Waals surface area (Å²) in [5.41, 5.74) is 0. The molecule has 7 heteroatoms. The third-order valence-electron chi connectivity index (χ3n) is 5.93. The van der Waals surface area contributed by atoms with E-state index in [1.54, 1.807) is 14.2 Å². The van der Waals surface area contributed by atoms with Gasteiger partial charge in [0.05, 0.1) is 6.10 Å². The van der Waals surface area contributed by atoms with Crippen molar-refractivity contribution in [1.82, 2.24) is 0 Å². The molecule has 1 saturated heterocycles. The molecule has 1 fully saturated rings. The van der Waals surface area contributed by atoms with E-state index >= 15 is 0 Å². The second-order valence-corrected chi connectivity index (χ2v) is 8.98. The molecule has 4 atom stereocenters. The first-order chi connectivity index (χ1) is 16.7. The highest BCUT2D eigenvalue weighted by Crippen LogP contribution is 2.15. The first-order valence-corrected chi connectivity index (χ1v) is 13.3. The van der Waals surface area contributed by atoms with Crippen LogP contribution in [-0.4, -0.2) is 70.7 Å². The van der Waals surface area contributed by atoms with E-state index in [9.17, 15) is 5.11 Å². The maximum Gasteiger partial charge on any atom is 0.157 e. The summed E-state index contributed by atoms with van der Waals surface area (Å²) >= 11 is 0. The third kappa shape index (κ3) is 16.8. The summed E-state index contributed by atoms with van der Waals surface area (Å²) in [4.78, 5) is 0. The highest BCUT2D eigenvalue weighted by atomic mass is 16.7. The van der Waals surface area contributed by atoms with E-state index in [-0.39, 0.29) is 32.1 Å². The van der Waals surface area contributed by atoms with Crippen LogP contribution in [0.3, 0.4) is 0 Å². The zero-order valence-corrected chi connectivity index (χ0v) is 21.9. The molecule has 0 bridgehead atoms. The van der Waals surface area contributed by atoms with Crippen LogP contribution in [0.5, 0.6) is 0 Å². The Balaban J connectivity index is 2.25. The minimum absolute atomic E-state index is 0.0237. The minimum Gasteiger partial charge on any atom is -0.378 e. The molecule has 0 spiro atoms. The average Bonchev–Trinajstić information content (AvgIpc) is 2.86. The molecule has 0 amide bonds. The quantitative estimate of drug-likeness (QED) is 0.136. The molecule has 200 valence electrons. The van der Waals surface area contributed by atoms with Crippen molar-refractivity contribution in [3.8, 4) is 11.8 Å². The van der Waals surface area contributed by atoms with Gasteiger partial charge in [0.2, 0.25) is 0 Å². The fourth-order valence-corrected chi connectivity index (χ4v) is 3.90. The molecule has 1 aliphatic heterocycles. The van der Waals surface area contributed by atoms with Gasteiger partial charge in [0.25, 0.3) is 0 Å². The Bertz CT molecular complexity index is 499. The molecule has 0 aromatic heterocycles. The molecule has 34 heavy (non-hydrogen) atoms. The second kappa shape index (κ2) is 22.7. The molecule has 1 N–H and O–H groups in total. The Hall–Kier alpha value is -0.720. The van der Waals surface area contributed by atoms with Crippen LogP contribution in [0.25, 0.3) is 0 Å². The fraction of sp³-hybridized carbons (Fsp3) is 0.926. The summed E-state index contributed by atoms with van der Waals surface area (Å²) in [6.07, 6.45) is 13.6. The zero-order valence-electron chi connectivity index (χ0n) is 21.9. The monoisotopic (exact) mass is 486 g/mol. The maximum atomic E-state index is 10.5. The standard InChI is InChI=1S/C27H50O7/c1-4-5-10-16-26(34-23-30-3)25(28)19-18-24(33-22-29-2)15-11-8-6-7-9-13-20-31-27-17-12-14-21-32-27/h24-28H,4-17,20-23H2,1-3H3/t24-,25+,26-,27?/m0/s1. The summed E-state index contributed by atoms with van der Waals surface area (Å²) in [6.45, 7) is 4.13. The Morgan fingerprint density at radius 3 is 2.26 bits per heavy atom. The van der Waals surface area contributed by atoms with Gasteiger partial charge in [-0.3, -0.25) is 0 Å². The number of hydrogen-bond donors (Lipinski definition) is 1. The van der Waals surface area contributed by atoms with Gasteiger partial charge in [0.1, 0.15) is 25.8 Å². The van der Waals surface area contributed by atoms with Gasteiger partial charge in [0, 0.05) is 27.4 Å². The first-order valence-electron chi connectivity index (χ1n) is 13.3. The molecule has 0 aromatic rings. The number of methoxy groups -OCH3 is 2. The molecule has 0 aliphatic carbocycles. The van der Waals surface area contributed by atoms with E-state index in [2.05, 4.69) is 18.8 Å². The molecule has 1 aliphatic rings. The maximum absolute atomic E-state index is 10.5. The molecule has 0 aromatic carbocycles. The van der Waals surface area contributed by atoms with Crippen molar-refractivity contribution in [1.29, 1.82) is 0 Å². The summed E-state index contributed by atoms with van der Waals surface area (Å²) < 4.78 is 32.8. The lowest BCUT2D eigenvalue weighted by Gasteiger charge is -2.22. The van der Waals surface area contributed by atoms with Crippen molar-refractivity contribution in [2.24, 2.45) is 0 Å². The number of hydrogen-bond acceptors (Lipinski definition) is 7. The SMILES string of the molecule is CCCCC[C@H](OCOC)[C@H](O)C#C[C@H](CCCCCCCCOC1CCCCO1)OCOC. The van der Waals surface area contributed by atoms with Crippen LogP contribution in [0.1, 0.15) is 96.8 Å². The van der Waals surface area contributed by atoms with Gasteiger partial charge in [-0.05, 0) is 44.9 Å². The highest BCUT2D eigenvalue weighted by molar-refractivity contribution is 5.11. The highest BCUT2D eigenvalue weighted by Gasteiger charge is 2.18. The third-order valence-corrected chi connectivity index (χ3v) is 5.93. The van der Waals surface area contributed by atoms with E-state index in [0.717, 1.165) is 77.4 Å². The van der Waals surface area contributed by atoms with Crippen LogP contribution < -0.4 is 0 Å². The molecule has 0 radical (unpaired) electrons. The largest absolute Gasteiger partial charge is 0.378 e. The summed E-state index contributed by atoms with van der Waals surface area (Å²) in [6, 6.07) is 0. The van der Waals surface area contributed by atoms with Crippen LogP contribution in [0.15, 0.2) is 0 Å². The van der Waals surface area contributed by atoms with Crippen molar-refractivity contribution in [3.05, 3.63) is 0 Å². The molecule has 1 rings (SSSR count). The smallest absolute Gasteiger partial charge is 0.157 e. The first kappa shape index (κ1) is 31.3. The lowest BCUT2D eigenvalue weighted by atomic mass is 10.0. The van der Waals surface area contributed by atoms with Gasteiger partial charge < -0.3 is 33.5 Å². The van der Waals surface area contributed by atoms with Gasteiger partial charge >= 0.3 is 0 Å². The number of ether oxygens (including phenoxy) is 6. The van der Waals surface area contributed by atoms with Gasteiger partial charge in [0.15, 0.2) is 6.29 Å². The van der Waals surface area contributed by atoms with Crippen LogP contribution >= 0.6 is 0 Å². The van der Waals surface area contributed by atoms with E-state index in [0.29, 0.717) is 0 Å². The minimum atomic E-state index is -0.859. The normalized spacial score (nSPS) is 18.8. The van der Waals surface area contributed by atoms with Crippen molar-refractivity contribution in [3.63, 3.8) is 0 Å². The van der Waals surface area contributed by atoms with Crippen LogP contribution in [0.4, 0.5) is 0 Å². The Kier molecular flexibility index (Phi) is 20.9. The fourth-order valence-electron chi connectivity index (χ4n) is 3.90. The Morgan fingerprint density at radius 1 is 0.853 bits per heavy atom. The van der Waals surface area contributed by atoms with Gasteiger partial charge in [-0.25, -0.2) is 0 Å². The van der Waals surface area contributed by atoms with E-state index in [4.69, 9.17) is 28.4 Å². The van der Waals surface area contributed by atoms with Gasteiger partial charge in [-0.1, -0.05) is 63.7 Å². The Morgan fingerprint density at radius 2 is 1.56 bits per heavy atom. The number of unbranched alkanes of at least 4 members (excludes halogenated alkanes) is 7. The van der Waals surface area contributed by atoms with Crippen LogP contribution in [0.2, 0.25) is 0 Å². The average molecular weight is 487 g/mol. The molecule has 0 saturated carbocycles. The molecule has 1 heterocycles. The predicted octanol–water partition coefficient (Wildman–Crippen LogP) is 5.18. The van der Waals surface area contributed by atoms with E-state index in [1.807, 2.05) is 0 Å². The van der Waals surface area contributed by atoms with Crippen molar-refractivity contribution in [2.45, 2.75) is 121 Å². The van der Waals surface area contributed by atoms with Gasteiger partial charge in [-0.15, -0.1) is 0 Å². The van der Waals surface area contributed by atoms with Crippen molar-refractivity contribution >= 4 is 0 Å². The van der Waals surface area contributed by atoms with Crippen molar-refractivity contribution in [2.75, 3.05) is 41.0 Å². The molecular weight excluding hydrogens is 436 g/mol. The number of aliphatic hydroxyl groups excluding tert-OH is 1. The summed E-state index contributed by atoms with van der Waals surface area (Å²) in [5.74, 6) is 6.05. The summed E-state index contributed by atoms with van der Waals surface area (Å²) in [7, 11) is 3.18. The van der Waals surface area contributed by atoms with E-state index in [1.165, 1.54) is 25.7 Å². The van der Waals surface area contributed by atoms with Crippen molar-refractivity contribution < 1.29 is 33.5 Å². The second-order valence-electron chi connectivity index (χ2n) is 8.98. The lowest BCUT2D eigenvalue weighted by molar-refractivity contribution is -0.162. The zero-order chi connectivity index (χ0) is 24.7. The predicted molar refractivity (Wildman–Crippen MR) is 133 cm³/mol. The van der Waals surface area contributed by atoms with Gasteiger partial charge in [-0.2, -0.15) is 0 Å². The lowest BCUT2D eigenvalue weighted by Crippen LogP contribution is -2.29. The molecule has 7 nitrogen and oxygen atoms in total. The molecule has 1 unspecified atom stereocenters. The Labute approximate surface area is 208 Å².